The van der Waals surface area contributed by atoms with Gasteiger partial charge in [-0.3, -0.25) is 9.59 Å². The number of fused-ring (bicyclic) bond motifs is 1. The first kappa shape index (κ1) is 40.0. The van der Waals surface area contributed by atoms with Crippen LogP contribution in [-0.4, -0.2) is 52.0 Å². The Morgan fingerprint density at radius 3 is 1.96 bits per heavy atom. The number of carbonyl (C=O) groups excluding carboxylic acids is 1. The Bertz CT molecular complexity index is 1080. The van der Waals surface area contributed by atoms with Crippen LogP contribution in [0.15, 0.2) is 23.8 Å². The van der Waals surface area contributed by atoms with Crippen molar-refractivity contribution < 1.29 is 28.3 Å². The van der Waals surface area contributed by atoms with Crippen LogP contribution in [0.4, 0.5) is 0 Å². The summed E-state index contributed by atoms with van der Waals surface area (Å²) in [5.74, 6) is 0.166. The number of carboxylic acids is 1. The molecule has 0 amide bonds. The summed E-state index contributed by atoms with van der Waals surface area (Å²) < 4.78 is 20.3. The minimum atomic E-state index is -2.21. The zero-order valence-corrected chi connectivity index (χ0v) is 33.5. The van der Waals surface area contributed by atoms with Crippen LogP contribution in [0.1, 0.15) is 115 Å². The van der Waals surface area contributed by atoms with E-state index in [9.17, 15) is 14.7 Å². The van der Waals surface area contributed by atoms with Gasteiger partial charge in [0.15, 0.2) is 16.6 Å². The van der Waals surface area contributed by atoms with Gasteiger partial charge in [-0.1, -0.05) is 80.5 Å². The molecule has 260 valence electrons. The number of carboxylic acid groups (broad SMARTS) is 1. The first-order valence-electron chi connectivity index (χ1n) is 17.5. The predicted octanol–water partition coefficient (Wildman–Crippen LogP) is 10.2. The Hall–Kier alpha value is -1.23. The van der Waals surface area contributed by atoms with Crippen LogP contribution in [0.2, 0.25) is 36.3 Å². The number of ether oxygens (including phenoxy) is 1. The minimum absolute atomic E-state index is 0.0227. The molecule has 2 rings (SSSR count). The van der Waals surface area contributed by atoms with Crippen molar-refractivity contribution in [2.45, 2.75) is 169 Å². The number of hydrogen-bond acceptors (Lipinski definition) is 5. The molecule has 2 aliphatic rings. The molecule has 0 aromatic carbocycles. The lowest BCUT2D eigenvalue weighted by molar-refractivity contribution is -0.164. The molecule has 0 aliphatic heterocycles. The van der Waals surface area contributed by atoms with Crippen molar-refractivity contribution in [1.82, 2.24) is 0 Å². The van der Waals surface area contributed by atoms with Gasteiger partial charge in [-0.05, 0) is 106 Å². The second-order valence-corrected chi connectivity index (χ2v) is 27.4. The fraction of sp³-hybridized carbons (Fsp3) is 0.838. The van der Waals surface area contributed by atoms with Gasteiger partial charge in [0.2, 0.25) is 0 Å². The van der Waals surface area contributed by atoms with Crippen molar-refractivity contribution in [2.75, 3.05) is 0 Å². The van der Waals surface area contributed by atoms with E-state index in [1.54, 1.807) is 0 Å². The van der Waals surface area contributed by atoms with Crippen LogP contribution in [-0.2, 0) is 23.2 Å². The van der Waals surface area contributed by atoms with Gasteiger partial charge in [0, 0.05) is 12.0 Å². The maximum atomic E-state index is 13.3. The number of carbonyl (C=O) groups is 2. The fourth-order valence-electron chi connectivity index (χ4n) is 6.11. The summed E-state index contributed by atoms with van der Waals surface area (Å²) in [6.45, 7) is 32.8. The molecule has 45 heavy (non-hydrogen) atoms. The van der Waals surface area contributed by atoms with E-state index in [0.717, 1.165) is 25.7 Å². The number of allylic oxidation sites excluding steroid dienone is 3. The maximum absolute atomic E-state index is 13.3. The second-order valence-electron chi connectivity index (χ2n) is 17.9. The standard InChI is InChI=1S/C37H68O6Si2/c1-16-37(10,11)34(40)41-31-22-25(2)21-27-18-17-26(3)30(33(27)31)20-19-28(42-44(12,13)35(4,5)6)23-29(24-32(38)39)43-45(14,15)36(7,8)9/h17-18,21,25-26,28-31,33H,16,19-20,22-24H2,1-15H3,(H,38,39). The van der Waals surface area contributed by atoms with Gasteiger partial charge in [-0.15, -0.1) is 0 Å². The van der Waals surface area contributed by atoms with E-state index in [2.05, 4.69) is 99.8 Å². The van der Waals surface area contributed by atoms with E-state index in [1.165, 1.54) is 5.57 Å². The molecule has 7 unspecified atom stereocenters. The number of hydrogen-bond donors (Lipinski definition) is 1. The Labute approximate surface area is 278 Å². The third kappa shape index (κ3) is 10.6. The molecule has 1 N–H and O–H groups in total. The van der Waals surface area contributed by atoms with Crippen molar-refractivity contribution in [3.63, 3.8) is 0 Å². The van der Waals surface area contributed by atoms with E-state index in [1.807, 2.05) is 20.8 Å². The topological polar surface area (TPSA) is 82.1 Å². The third-order valence-electron chi connectivity index (χ3n) is 11.6. The van der Waals surface area contributed by atoms with Crippen LogP contribution in [0.5, 0.6) is 0 Å². The lowest BCUT2D eigenvalue weighted by Gasteiger charge is -2.45. The lowest BCUT2D eigenvalue weighted by atomic mass is 9.65. The number of esters is 1. The van der Waals surface area contributed by atoms with Crippen molar-refractivity contribution in [2.24, 2.45) is 29.1 Å². The first-order chi connectivity index (χ1) is 20.3. The molecule has 0 saturated heterocycles. The average Bonchev–Trinajstić information content (AvgIpc) is 2.85. The van der Waals surface area contributed by atoms with E-state index in [-0.39, 0.29) is 40.6 Å². The summed E-state index contributed by atoms with van der Waals surface area (Å²) in [7, 11) is -4.37. The van der Waals surface area contributed by atoms with Gasteiger partial charge in [0.1, 0.15) is 6.10 Å². The molecule has 0 aromatic heterocycles. The Morgan fingerprint density at radius 2 is 1.47 bits per heavy atom. The van der Waals surface area contributed by atoms with Crippen molar-refractivity contribution in [1.29, 1.82) is 0 Å². The summed E-state index contributed by atoms with van der Waals surface area (Å²) in [5, 5.41) is 9.90. The highest BCUT2D eigenvalue weighted by Crippen LogP contribution is 2.47. The summed E-state index contributed by atoms with van der Waals surface area (Å²) in [5.41, 5.74) is 0.775. The molecule has 0 bridgehead atoms. The van der Waals surface area contributed by atoms with Crippen LogP contribution in [0, 0.1) is 29.1 Å². The summed E-state index contributed by atoms with van der Waals surface area (Å²) in [4.78, 5) is 25.4. The Morgan fingerprint density at radius 1 is 0.933 bits per heavy atom. The average molecular weight is 665 g/mol. The normalized spacial score (nSPS) is 26.1. The second kappa shape index (κ2) is 14.9. The Balaban J connectivity index is 2.43. The summed E-state index contributed by atoms with van der Waals surface area (Å²) >= 11 is 0. The molecule has 0 fully saturated rings. The van der Waals surface area contributed by atoms with E-state index < -0.39 is 34.1 Å². The molecule has 0 heterocycles. The zero-order valence-electron chi connectivity index (χ0n) is 31.5. The Kier molecular flexibility index (Phi) is 13.2. The molecule has 2 aliphatic carbocycles. The van der Waals surface area contributed by atoms with Gasteiger partial charge >= 0.3 is 11.9 Å². The SMILES string of the molecule is CCC(C)(C)C(=O)OC1CC(C)C=C2C=CC(C)C(CCC(CC(CC(=O)O)O[Si](C)(C)C(C)(C)C)O[Si](C)(C)C(C)(C)C)C21. The quantitative estimate of drug-likeness (QED) is 0.147. The largest absolute Gasteiger partial charge is 0.481 e. The number of rotatable bonds is 14. The minimum Gasteiger partial charge on any atom is -0.481 e. The summed E-state index contributed by atoms with van der Waals surface area (Å²) in [6.07, 6.45) is 10.1. The molecule has 7 atom stereocenters. The highest BCUT2D eigenvalue weighted by molar-refractivity contribution is 6.74. The molecule has 0 aromatic rings. The first-order valence-corrected chi connectivity index (χ1v) is 23.3. The van der Waals surface area contributed by atoms with Crippen molar-refractivity contribution >= 4 is 28.6 Å². The van der Waals surface area contributed by atoms with Gasteiger partial charge < -0.3 is 18.7 Å². The van der Waals surface area contributed by atoms with Crippen LogP contribution >= 0.6 is 0 Å². The molecule has 0 saturated carbocycles. The summed E-state index contributed by atoms with van der Waals surface area (Å²) in [6, 6.07) is 0. The van der Waals surface area contributed by atoms with Crippen LogP contribution in [0.25, 0.3) is 0 Å². The third-order valence-corrected chi connectivity index (χ3v) is 20.6. The highest BCUT2D eigenvalue weighted by Gasteiger charge is 2.45. The van der Waals surface area contributed by atoms with Gasteiger partial charge in [-0.2, -0.15) is 0 Å². The van der Waals surface area contributed by atoms with Crippen molar-refractivity contribution in [3.05, 3.63) is 23.8 Å². The highest BCUT2D eigenvalue weighted by atomic mass is 28.4. The molecular weight excluding hydrogens is 597 g/mol. The molecule has 0 spiro atoms. The van der Waals surface area contributed by atoms with Gasteiger partial charge in [0.25, 0.3) is 0 Å². The van der Waals surface area contributed by atoms with Crippen LogP contribution in [0.3, 0.4) is 0 Å². The molecule has 6 nitrogen and oxygen atoms in total. The zero-order chi connectivity index (χ0) is 34.8. The van der Waals surface area contributed by atoms with Gasteiger partial charge in [-0.25, -0.2) is 0 Å². The maximum Gasteiger partial charge on any atom is 0.311 e. The van der Waals surface area contributed by atoms with Crippen LogP contribution < -0.4 is 0 Å². The van der Waals surface area contributed by atoms with E-state index in [0.29, 0.717) is 24.2 Å². The molecule has 8 heteroatoms. The monoisotopic (exact) mass is 664 g/mol. The van der Waals surface area contributed by atoms with E-state index in [4.69, 9.17) is 13.6 Å². The number of aliphatic carboxylic acids is 1. The molecule has 0 radical (unpaired) electrons. The van der Waals surface area contributed by atoms with Gasteiger partial charge in [0.05, 0.1) is 17.9 Å². The van der Waals surface area contributed by atoms with Crippen molar-refractivity contribution in [3.8, 4) is 0 Å². The predicted molar refractivity (Wildman–Crippen MR) is 191 cm³/mol. The molecular formula is C37H68O6Si2. The smallest absolute Gasteiger partial charge is 0.311 e. The fourth-order valence-corrected chi connectivity index (χ4v) is 8.88. The lowest BCUT2D eigenvalue weighted by Crippen LogP contribution is -2.48. The van der Waals surface area contributed by atoms with E-state index >= 15 is 0 Å².